The molecular weight excluding hydrogens is 242 g/mol. The number of aliphatic carboxylic acids is 2. The lowest BCUT2D eigenvalue weighted by Gasteiger charge is -2.11. The van der Waals surface area contributed by atoms with Crippen LogP contribution in [0.3, 0.4) is 0 Å². The highest BCUT2D eigenvalue weighted by Gasteiger charge is 2.01. The Morgan fingerprint density at radius 2 is 1.56 bits per heavy atom. The normalized spacial score (nSPS) is 10.7. The van der Waals surface area contributed by atoms with Crippen LogP contribution in [0.25, 0.3) is 0 Å². The predicted molar refractivity (Wildman–Crippen MR) is 53.4 cm³/mol. The van der Waals surface area contributed by atoms with Crippen molar-refractivity contribution in [3.63, 3.8) is 0 Å². The van der Waals surface area contributed by atoms with E-state index >= 15 is 0 Å². The molecule has 7 heteroatoms. The van der Waals surface area contributed by atoms with Crippen LogP contribution in [0.4, 0.5) is 0 Å². The summed E-state index contributed by atoms with van der Waals surface area (Å²) in [5.41, 5.74) is 4.95. The molecule has 0 radical (unpaired) electrons. The minimum absolute atomic E-state index is 0.220. The van der Waals surface area contributed by atoms with E-state index in [-0.39, 0.29) is 5.56 Å². The zero-order chi connectivity index (χ0) is 14.1. The number of benzene rings is 1. The number of rotatable bonds is 4. The fourth-order valence-corrected chi connectivity index (χ4v) is 0.837. The Bertz CT molecular complexity index is 417. The maximum absolute atomic E-state index is 10.1. The lowest BCUT2D eigenvalue weighted by atomic mass is 10.2. The van der Waals surface area contributed by atoms with E-state index in [4.69, 9.17) is 5.73 Å². The third kappa shape index (κ3) is 6.96. The molecule has 0 saturated carbocycles. The molecule has 0 saturated heterocycles. The van der Waals surface area contributed by atoms with Gasteiger partial charge in [-0.25, -0.2) is 0 Å². The number of carbonyl (C=O) groups is 3. The van der Waals surface area contributed by atoms with Crippen molar-refractivity contribution in [1.29, 1.82) is 0 Å². The van der Waals surface area contributed by atoms with Crippen LogP contribution in [-0.2, 0) is 9.59 Å². The summed E-state index contributed by atoms with van der Waals surface area (Å²) in [6, 6.07) is 6.60. The largest absolute Gasteiger partial charge is 0.550 e. The van der Waals surface area contributed by atoms with Gasteiger partial charge in [0.25, 0.3) is 0 Å². The van der Waals surface area contributed by atoms with Crippen LogP contribution in [-0.4, -0.2) is 23.9 Å². The van der Waals surface area contributed by atoms with Crippen LogP contribution in [0.15, 0.2) is 30.3 Å². The molecule has 0 heterocycles. The number of hydrogen-bond acceptors (Lipinski definition) is 7. The number of carbonyl (C=O) groups excluding carboxylic acids is 3. The first kappa shape index (κ1) is 15.6. The predicted octanol–water partition coefficient (Wildman–Crippen LogP) is -3.75. The van der Waals surface area contributed by atoms with Gasteiger partial charge in [0.15, 0.2) is 0 Å². The summed E-state index contributed by atoms with van der Waals surface area (Å²) >= 11 is 0. The monoisotopic (exact) mass is 252 g/mol. The van der Waals surface area contributed by atoms with Gasteiger partial charge in [0.2, 0.25) is 0 Å². The fraction of sp³-hybridized carbons (Fsp3) is 0.182. The van der Waals surface area contributed by atoms with E-state index in [2.05, 4.69) is 0 Å². The van der Waals surface area contributed by atoms with Crippen molar-refractivity contribution in [2.24, 2.45) is 5.73 Å². The molecule has 7 nitrogen and oxygen atoms in total. The summed E-state index contributed by atoms with van der Waals surface area (Å²) in [6.45, 7) is 0. The van der Waals surface area contributed by atoms with Crippen molar-refractivity contribution in [3.05, 3.63) is 35.9 Å². The van der Waals surface area contributed by atoms with Gasteiger partial charge in [-0.2, -0.15) is 0 Å². The molecule has 0 spiro atoms. The lowest BCUT2D eigenvalue weighted by molar-refractivity contribution is -0.316. The van der Waals surface area contributed by atoms with Crippen LogP contribution in [0.2, 0.25) is 0 Å². The van der Waals surface area contributed by atoms with Crippen LogP contribution >= 0.6 is 0 Å². The molecule has 0 fully saturated rings. The van der Waals surface area contributed by atoms with Crippen molar-refractivity contribution in [1.82, 2.24) is 0 Å². The Morgan fingerprint density at radius 3 is 1.78 bits per heavy atom. The van der Waals surface area contributed by atoms with E-state index in [1.54, 1.807) is 18.2 Å². The Hall–Kier alpha value is -2.41. The maximum atomic E-state index is 10.1. The Morgan fingerprint density at radius 1 is 1.06 bits per heavy atom. The van der Waals surface area contributed by atoms with Crippen molar-refractivity contribution in [3.8, 4) is 0 Å². The van der Waals surface area contributed by atoms with Gasteiger partial charge in [-0.3, -0.25) is 0 Å². The molecule has 1 unspecified atom stereocenters. The zero-order valence-electron chi connectivity index (χ0n) is 9.20. The molecule has 0 amide bonds. The van der Waals surface area contributed by atoms with Crippen LogP contribution < -0.4 is 21.1 Å². The third-order valence-corrected chi connectivity index (χ3v) is 1.70. The minimum atomic E-state index is -1.58. The summed E-state index contributed by atoms with van der Waals surface area (Å²) in [6.07, 6.45) is -0.706. The Labute approximate surface area is 102 Å². The maximum Gasteiger partial charge on any atom is 0.0715 e. The number of carboxylic acids is 3. The van der Waals surface area contributed by atoms with Crippen LogP contribution in [0, 0.1) is 0 Å². The fourth-order valence-electron chi connectivity index (χ4n) is 0.837. The smallest absolute Gasteiger partial charge is 0.0715 e. The molecule has 1 rings (SSSR count). The van der Waals surface area contributed by atoms with Crippen molar-refractivity contribution >= 4 is 17.9 Å². The molecule has 0 aromatic heterocycles. The molecular formula is C11H10NO6-3. The van der Waals surface area contributed by atoms with Gasteiger partial charge in [-0.05, 0) is 5.56 Å². The summed E-state index contributed by atoms with van der Waals surface area (Å²) in [5, 5.41) is 29.4. The lowest BCUT2D eigenvalue weighted by Crippen LogP contribution is -2.45. The average Bonchev–Trinajstić information content (AvgIpc) is 2.30. The van der Waals surface area contributed by atoms with E-state index in [0.717, 1.165) is 0 Å². The van der Waals surface area contributed by atoms with E-state index < -0.39 is 30.4 Å². The summed E-state index contributed by atoms with van der Waals surface area (Å²) < 4.78 is 0. The third-order valence-electron chi connectivity index (χ3n) is 1.70. The summed E-state index contributed by atoms with van der Waals surface area (Å²) in [4.78, 5) is 29.4. The quantitative estimate of drug-likeness (QED) is 0.579. The minimum Gasteiger partial charge on any atom is -0.550 e. The van der Waals surface area contributed by atoms with Gasteiger partial charge in [-0.1, -0.05) is 30.3 Å². The Kier molecular flexibility index (Phi) is 6.75. The molecule has 1 aromatic carbocycles. The van der Waals surface area contributed by atoms with E-state index in [1.807, 2.05) is 0 Å². The molecule has 0 aliphatic carbocycles. The summed E-state index contributed by atoms with van der Waals surface area (Å²) in [7, 11) is 0. The average molecular weight is 252 g/mol. The number of aromatic carboxylic acids is 1. The number of hydrogen-bond donors (Lipinski definition) is 1. The van der Waals surface area contributed by atoms with Gasteiger partial charge in [0, 0.05) is 18.4 Å². The van der Waals surface area contributed by atoms with Crippen molar-refractivity contribution in [2.45, 2.75) is 12.5 Å². The zero-order valence-corrected chi connectivity index (χ0v) is 9.20. The van der Waals surface area contributed by atoms with Gasteiger partial charge in [-0.15, -0.1) is 0 Å². The SMILES string of the molecule is NC(CC(=O)[O-])C(=O)[O-].O=C([O-])c1ccccc1. The number of carboxylic acid groups (broad SMARTS) is 3. The topological polar surface area (TPSA) is 146 Å². The first-order valence-corrected chi connectivity index (χ1v) is 4.77. The second-order valence-electron chi connectivity index (χ2n) is 3.16. The first-order valence-electron chi connectivity index (χ1n) is 4.77. The standard InChI is InChI=1S/C7H6O2.C4H7NO4/c8-7(9)6-4-2-1-3-5-6;5-2(4(8)9)1-3(6)7/h1-5H,(H,8,9);2H,1,5H2,(H,6,7)(H,8,9)/p-3. The second kappa shape index (κ2) is 7.80. The van der Waals surface area contributed by atoms with Crippen molar-refractivity contribution < 1.29 is 29.7 Å². The van der Waals surface area contributed by atoms with E-state index in [1.165, 1.54) is 12.1 Å². The molecule has 0 bridgehead atoms. The van der Waals surface area contributed by atoms with Gasteiger partial charge >= 0.3 is 0 Å². The second-order valence-corrected chi connectivity index (χ2v) is 3.16. The van der Waals surface area contributed by atoms with Gasteiger partial charge in [0.05, 0.1) is 11.9 Å². The van der Waals surface area contributed by atoms with E-state index in [9.17, 15) is 29.7 Å². The molecule has 1 atom stereocenters. The van der Waals surface area contributed by atoms with Crippen LogP contribution in [0.5, 0.6) is 0 Å². The highest BCUT2D eigenvalue weighted by molar-refractivity contribution is 5.85. The van der Waals surface area contributed by atoms with Gasteiger partial charge < -0.3 is 35.4 Å². The Balaban J connectivity index is 0.000000321. The molecule has 98 valence electrons. The van der Waals surface area contributed by atoms with Crippen molar-refractivity contribution in [2.75, 3.05) is 0 Å². The highest BCUT2D eigenvalue weighted by atomic mass is 16.4. The molecule has 18 heavy (non-hydrogen) atoms. The van der Waals surface area contributed by atoms with E-state index in [0.29, 0.717) is 0 Å². The molecule has 1 aromatic rings. The summed E-state index contributed by atoms with van der Waals surface area (Å²) in [5.74, 6) is -4.21. The highest BCUT2D eigenvalue weighted by Crippen LogP contribution is 1.94. The van der Waals surface area contributed by atoms with Gasteiger partial charge in [0.1, 0.15) is 0 Å². The molecule has 0 aliphatic heterocycles. The van der Waals surface area contributed by atoms with Crippen LogP contribution in [0.1, 0.15) is 16.8 Å². The number of nitrogens with two attached hydrogens (primary N) is 1. The first-order chi connectivity index (χ1) is 8.34. The molecule has 0 aliphatic rings. The molecule has 2 N–H and O–H groups in total.